The molecule has 0 aromatic carbocycles. The maximum atomic E-state index is 11.6. The van der Waals surface area contributed by atoms with Gasteiger partial charge in [-0.3, -0.25) is 4.79 Å². The van der Waals surface area contributed by atoms with Crippen molar-refractivity contribution in [2.24, 2.45) is 11.7 Å². The number of rotatable bonds is 6. The Bertz CT molecular complexity index is 167. The molecule has 0 bridgehead atoms. The van der Waals surface area contributed by atoms with E-state index in [-0.39, 0.29) is 23.9 Å². The van der Waals surface area contributed by atoms with Crippen LogP contribution in [0.5, 0.6) is 0 Å². The van der Waals surface area contributed by atoms with Crippen LogP contribution >= 0.6 is 0 Å². The molecule has 0 fully saturated rings. The second-order valence-corrected chi connectivity index (χ2v) is 3.93. The fourth-order valence-corrected chi connectivity index (χ4v) is 1.30. The van der Waals surface area contributed by atoms with Crippen molar-refractivity contribution in [3.8, 4) is 0 Å². The summed E-state index contributed by atoms with van der Waals surface area (Å²) in [7, 11) is 0. The van der Waals surface area contributed by atoms with E-state index in [1.54, 1.807) is 0 Å². The van der Waals surface area contributed by atoms with Gasteiger partial charge in [-0.15, -0.1) is 0 Å². The molecule has 14 heavy (non-hydrogen) atoms. The van der Waals surface area contributed by atoms with E-state index in [0.29, 0.717) is 0 Å². The molecule has 1 amide bonds. The van der Waals surface area contributed by atoms with Gasteiger partial charge < -0.3 is 11.1 Å². The predicted octanol–water partition coefficient (Wildman–Crippen LogP) is 1.66. The van der Waals surface area contributed by atoms with Gasteiger partial charge in [0.25, 0.3) is 0 Å². The van der Waals surface area contributed by atoms with Gasteiger partial charge in [0.1, 0.15) is 0 Å². The summed E-state index contributed by atoms with van der Waals surface area (Å²) in [5, 5.41) is 2.97. The molecule has 0 heterocycles. The van der Waals surface area contributed by atoms with Gasteiger partial charge in [-0.05, 0) is 18.8 Å². The Morgan fingerprint density at radius 1 is 1.21 bits per heavy atom. The van der Waals surface area contributed by atoms with Crippen LogP contribution in [0.1, 0.15) is 47.0 Å². The summed E-state index contributed by atoms with van der Waals surface area (Å²) < 4.78 is 0. The Morgan fingerprint density at radius 3 is 2.07 bits per heavy atom. The molecule has 0 aliphatic carbocycles. The van der Waals surface area contributed by atoms with Gasteiger partial charge in [0.05, 0.1) is 6.04 Å². The standard InChI is InChI=1S/C11H24N2O/c1-5-8(4)10(12)11(14)13-9(6-2)7-3/h8-10H,5-7,12H2,1-4H3,(H,13,14)/t8?,10-/m0/s1. The molecule has 2 atom stereocenters. The number of hydrogen-bond donors (Lipinski definition) is 2. The van der Waals surface area contributed by atoms with Gasteiger partial charge in [0.15, 0.2) is 0 Å². The van der Waals surface area contributed by atoms with Gasteiger partial charge in [-0.25, -0.2) is 0 Å². The SMILES string of the molecule is CCC(CC)NC(=O)[C@@H](N)C(C)CC. The molecule has 0 radical (unpaired) electrons. The highest BCUT2D eigenvalue weighted by atomic mass is 16.2. The third-order valence-electron chi connectivity index (χ3n) is 2.89. The van der Waals surface area contributed by atoms with Crippen molar-refractivity contribution in [2.75, 3.05) is 0 Å². The molecular weight excluding hydrogens is 176 g/mol. The maximum Gasteiger partial charge on any atom is 0.237 e. The van der Waals surface area contributed by atoms with Gasteiger partial charge in [0.2, 0.25) is 5.91 Å². The molecule has 3 heteroatoms. The molecular formula is C11H24N2O. The highest BCUT2D eigenvalue weighted by molar-refractivity contribution is 5.82. The number of amides is 1. The average Bonchev–Trinajstić information content (AvgIpc) is 2.23. The molecule has 0 aliphatic heterocycles. The Kier molecular flexibility index (Phi) is 6.54. The van der Waals surface area contributed by atoms with Crippen LogP contribution in [0.4, 0.5) is 0 Å². The molecule has 3 N–H and O–H groups in total. The number of hydrogen-bond acceptors (Lipinski definition) is 2. The van der Waals surface area contributed by atoms with Crippen molar-refractivity contribution in [3.63, 3.8) is 0 Å². The molecule has 0 aromatic heterocycles. The Labute approximate surface area is 87.4 Å². The van der Waals surface area contributed by atoms with Crippen molar-refractivity contribution in [2.45, 2.75) is 59.0 Å². The summed E-state index contributed by atoms with van der Waals surface area (Å²) in [5.74, 6) is 0.248. The Morgan fingerprint density at radius 2 is 1.71 bits per heavy atom. The van der Waals surface area contributed by atoms with Gasteiger partial charge in [-0.2, -0.15) is 0 Å². The number of nitrogens with one attached hydrogen (secondary N) is 1. The molecule has 0 rings (SSSR count). The first-order valence-corrected chi connectivity index (χ1v) is 5.62. The van der Waals surface area contributed by atoms with Gasteiger partial charge >= 0.3 is 0 Å². The lowest BCUT2D eigenvalue weighted by molar-refractivity contribution is -0.124. The first-order valence-electron chi connectivity index (χ1n) is 5.62. The summed E-state index contributed by atoms with van der Waals surface area (Å²) in [5.41, 5.74) is 5.82. The summed E-state index contributed by atoms with van der Waals surface area (Å²) in [4.78, 5) is 11.6. The quantitative estimate of drug-likeness (QED) is 0.685. The smallest absolute Gasteiger partial charge is 0.237 e. The minimum atomic E-state index is -0.361. The van der Waals surface area contributed by atoms with E-state index in [2.05, 4.69) is 26.1 Å². The van der Waals surface area contributed by atoms with E-state index in [4.69, 9.17) is 5.73 Å². The van der Waals surface area contributed by atoms with Crippen LogP contribution in [-0.2, 0) is 4.79 Å². The van der Waals surface area contributed by atoms with Crippen molar-refractivity contribution in [1.29, 1.82) is 0 Å². The van der Waals surface area contributed by atoms with Gasteiger partial charge in [-0.1, -0.05) is 34.1 Å². The number of carbonyl (C=O) groups is 1. The van der Waals surface area contributed by atoms with Crippen LogP contribution < -0.4 is 11.1 Å². The van der Waals surface area contributed by atoms with Crippen LogP contribution in [-0.4, -0.2) is 18.0 Å². The van der Waals surface area contributed by atoms with Crippen LogP contribution in [0, 0.1) is 5.92 Å². The van der Waals surface area contributed by atoms with E-state index in [1.165, 1.54) is 0 Å². The van der Waals surface area contributed by atoms with Crippen molar-refractivity contribution in [3.05, 3.63) is 0 Å². The minimum absolute atomic E-state index is 0.00644. The maximum absolute atomic E-state index is 11.6. The molecule has 84 valence electrons. The highest BCUT2D eigenvalue weighted by Crippen LogP contribution is 2.06. The Hall–Kier alpha value is -0.570. The largest absolute Gasteiger partial charge is 0.352 e. The summed E-state index contributed by atoms with van der Waals surface area (Å²) in [6.45, 7) is 8.21. The fraction of sp³-hybridized carbons (Fsp3) is 0.909. The first-order chi connectivity index (χ1) is 6.56. The third-order valence-corrected chi connectivity index (χ3v) is 2.89. The highest BCUT2D eigenvalue weighted by Gasteiger charge is 2.20. The number of nitrogens with two attached hydrogens (primary N) is 1. The molecule has 1 unspecified atom stereocenters. The fourth-order valence-electron chi connectivity index (χ4n) is 1.30. The summed E-state index contributed by atoms with van der Waals surface area (Å²) in [6, 6.07) is -0.0850. The van der Waals surface area contributed by atoms with E-state index in [0.717, 1.165) is 19.3 Å². The monoisotopic (exact) mass is 200 g/mol. The topological polar surface area (TPSA) is 55.1 Å². The normalized spacial score (nSPS) is 15.3. The molecule has 0 spiro atoms. The van der Waals surface area contributed by atoms with E-state index in [1.807, 2.05) is 6.92 Å². The lowest BCUT2D eigenvalue weighted by atomic mass is 9.99. The second kappa shape index (κ2) is 6.82. The molecule has 0 aromatic rings. The molecule has 3 nitrogen and oxygen atoms in total. The summed E-state index contributed by atoms with van der Waals surface area (Å²) >= 11 is 0. The molecule has 0 saturated heterocycles. The van der Waals surface area contributed by atoms with Gasteiger partial charge in [0, 0.05) is 6.04 Å². The van der Waals surface area contributed by atoms with Crippen molar-refractivity contribution < 1.29 is 4.79 Å². The zero-order valence-electron chi connectivity index (χ0n) is 9.84. The lowest BCUT2D eigenvalue weighted by Crippen LogP contribution is -2.48. The first kappa shape index (κ1) is 13.4. The van der Waals surface area contributed by atoms with E-state index >= 15 is 0 Å². The van der Waals surface area contributed by atoms with Crippen LogP contribution in [0.15, 0.2) is 0 Å². The zero-order chi connectivity index (χ0) is 11.1. The number of carbonyl (C=O) groups excluding carboxylic acids is 1. The van der Waals surface area contributed by atoms with E-state index < -0.39 is 0 Å². The minimum Gasteiger partial charge on any atom is -0.352 e. The lowest BCUT2D eigenvalue weighted by Gasteiger charge is -2.21. The molecule has 0 aliphatic rings. The van der Waals surface area contributed by atoms with Crippen LogP contribution in [0.3, 0.4) is 0 Å². The second-order valence-electron chi connectivity index (χ2n) is 3.93. The van der Waals surface area contributed by atoms with Crippen molar-refractivity contribution in [1.82, 2.24) is 5.32 Å². The van der Waals surface area contributed by atoms with Crippen LogP contribution in [0.2, 0.25) is 0 Å². The predicted molar refractivity (Wildman–Crippen MR) is 59.9 cm³/mol. The average molecular weight is 200 g/mol. The zero-order valence-corrected chi connectivity index (χ0v) is 9.84. The Balaban J connectivity index is 4.06. The van der Waals surface area contributed by atoms with Crippen LogP contribution in [0.25, 0.3) is 0 Å². The third kappa shape index (κ3) is 4.09. The van der Waals surface area contributed by atoms with Crippen molar-refractivity contribution >= 4 is 5.91 Å². The molecule has 0 saturated carbocycles. The summed E-state index contributed by atoms with van der Waals surface area (Å²) in [6.07, 6.45) is 2.88. The van der Waals surface area contributed by atoms with E-state index in [9.17, 15) is 4.79 Å².